The second-order valence-electron chi connectivity index (χ2n) is 8.69. The molecule has 0 radical (unpaired) electrons. The molecule has 2 nitrogen and oxygen atoms in total. The van der Waals surface area contributed by atoms with Crippen molar-refractivity contribution in [2.45, 2.75) is 77.5 Å². The van der Waals surface area contributed by atoms with E-state index in [0.29, 0.717) is 23.6 Å². The first-order chi connectivity index (χ1) is 9.57. The van der Waals surface area contributed by atoms with Crippen molar-refractivity contribution in [3.8, 4) is 0 Å². The fraction of sp³-hybridized carbons (Fsp3) is 1.00. The van der Waals surface area contributed by atoms with Crippen molar-refractivity contribution in [3.63, 3.8) is 0 Å². The summed E-state index contributed by atoms with van der Waals surface area (Å²) in [5, 5.41) is 4.05. The highest BCUT2D eigenvalue weighted by molar-refractivity contribution is 5.11. The van der Waals surface area contributed by atoms with E-state index in [-0.39, 0.29) is 0 Å². The Bertz CT molecular complexity index is 380. The monoisotopic (exact) mass is 277 g/mol. The van der Waals surface area contributed by atoms with Crippen molar-refractivity contribution in [3.05, 3.63) is 0 Å². The van der Waals surface area contributed by atoms with Gasteiger partial charge in [-0.05, 0) is 56.8 Å². The van der Waals surface area contributed by atoms with Crippen LogP contribution in [-0.4, -0.2) is 24.8 Å². The van der Waals surface area contributed by atoms with E-state index >= 15 is 0 Å². The molecule has 3 aliphatic carbocycles. The second kappa shape index (κ2) is 4.71. The quantitative estimate of drug-likeness (QED) is 0.851. The molecule has 114 valence electrons. The van der Waals surface area contributed by atoms with Gasteiger partial charge in [0.2, 0.25) is 0 Å². The Balaban J connectivity index is 1.41. The van der Waals surface area contributed by atoms with E-state index in [4.69, 9.17) is 4.74 Å². The number of nitrogens with one attached hydrogen (secondary N) is 1. The van der Waals surface area contributed by atoms with Gasteiger partial charge in [-0.15, -0.1) is 0 Å². The Morgan fingerprint density at radius 2 is 2.00 bits per heavy atom. The van der Waals surface area contributed by atoms with Gasteiger partial charge in [0.1, 0.15) is 0 Å². The summed E-state index contributed by atoms with van der Waals surface area (Å²) < 4.78 is 6.04. The zero-order valence-electron chi connectivity index (χ0n) is 13.4. The van der Waals surface area contributed by atoms with Crippen molar-refractivity contribution in [1.29, 1.82) is 0 Å². The molecule has 4 aliphatic rings. The molecule has 4 rings (SSSR count). The predicted octanol–water partition coefficient (Wildman–Crippen LogP) is 3.60. The largest absolute Gasteiger partial charge is 0.377 e. The number of ether oxygens (including phenoxy) is 1. The predicted molar refractivity (Wildman–Crippen MR) is 81.6 cm³/mol. The minimum Gasteiger partial charge on any atom is -0.377 e. The smallest absolute Gasteiger partial charge is 0.0684 e. The Morgan fingerprint density at radius 1 is 1.15 bits per heavy atom. The summed E-state index contributed by atoms with van der Waals surface area (Å²) in [4.78, 5) is 0. The number of rotatable bonds is 3. The second-order valence-corrected chi connectivity index (χ2v) is 8.69. The minimum absolute atomic E-state index is 0.330. The number of hydrogen-bond acceptors (Lipinski definition) is 2. The van der Waals surface area contributed by atoms with Crippen LogP contribution in [0.1, 0.15) is 59.3 Å². The molecule has 0 amide bonds. The highest BCUT2D eigenvalue weighted by atomic mass is 16.5. The SMILES string of the molecule is CC(NC1C2CCCOC2C1(C)C)C1CC2CCC1C2. The summed E-state index contributed by atoms with van der Waals surface area (Å²) in [6.45, 7) is 8.26. The van der Waals surface area contributed by atoms with E-state index in [1.54, 1.807) is 0 Å². The number of hydrogen-bond donors (Lipinski definition) is 1. The molecular formula is C18H31NO. The third-order valence-electron chi connectivity index (χ3n) is 7.21. The summed E-state index contributed by atoms with van der Waals surface area (Å²) >= 11 is 0. The standard InChI is InChI=1S/C18H31NO/c1-11(15-10-12-6-7-13(15)9-12)19-16-14-5-4-8-20-17(14)18(16,2)3/h11-17,19H,4-10H2,1-3H3. The first-order valence-corrected chi connectivity index (χ1v) is 8.95. The van der Waals surface area contributed by atoms with E-state index in [1.165, 1.54) is 38.5 Å². The lowest BCUT2D eigenvalue weighted by atomic mass is 9.55. The first kappa shape index (κ1) is 13.6. The molecule has 7 atom stereocenters. The van der Waals surface area contributed by atoms with E-state index in [0.717, 1.165) is 30.3 Å². The molecule has 4 fully saturated rings. The fourth-order valence-corrected chi connectivity index (χ4v) is 6.17. The topological polar surface area (TPSA) is 21.3 Å². The molecule has 1 N–H and O–H groups in total. The Morgan fingerprint density at radius 3 is 2.70 bits per heavy atom. The van der Waals surface area contributed by atoms with E-state index in [2.05, 4.69) is 26.1 Å². The molecule has 0 aromatic rings. The third-order valence-corrected chi connectivity index (χ3v) is 7.21. The number of fused-ring (bicyclic) bond motifs is 3. The summed E-state index contributed by atoms with van der Waals surface area (Å²) in [6, 6.07) is 1.39. The van der Waals surface area contributed by atoms with E-state index in [1.807, 2.05) is 0 Å². The van der Waals surface area contributed by atoms with Gasteiger partial charge in [-0.25, -0.2) is 0 Å². The van der Waals surface area contributed by atoms with Crippen LogP contribution in [0.4, 0.5) is 0 Å². The molecule has 1 saturated heterocycles. The van der Waals surface area contributed by atoms with Crippen LogP contribution in [0.5, 0.6) is 0 Å². The molecule has 0 aromatic heterocycles. The molecule has 2 heteroatoms. The maximum absolute atomic E-state index is 6.04. The van der Waals surface area contributed by atoms with Gasteiger partial charge in [0.05, 0.1) is 6.10 Å². The zero-order valence-corrected chi connectivity index (χ0v) is 13.4. The van der Waals surface area contributed by atoms with Gasteiger partial charge in [0.25, 0.3) is 0 Å². The molecule has 3 saturated carbocycles. The van der Waals surface area contributed by atoms with E-state index in [9.17, 15) is 0 Å². The molecule has 1 aliphatic heterocycles. The van der Waals surface area contributed by atoms with Crippen LogP contribution in [0, 0.1) is 29.1 Å². The van der Waals surface area contributed by atoms with Gasteiger partial charge >= 0.3 is 0 Å². The average molecular weight is 277 g/mol. The van der Waals surface area contributed by atoms with Crippen LogP contribution in [0.3, 0.4) is 0 Å². The van der Waals surface area contributed by atoms with Crippen molar-refractivity contribution in [1.82, 2.24) is 5.32 Å². The van der Waals surface area contributed by atoms with Gasteiger partial charge in [-0.3, -0.25) is 0 Å². The Kier molecular flexibility index (Phi) is 3.20. The molecule has 1 heterocycles. The van der Waals surface area contributed by atoms with Crippen LogP contribution in [-0.2, 0) is 4.74 Å². The lowest BCUT2D eigenvalue weighted by molar-refractivity contribution is -0.195. The maximum Gasteiger partial charge on any atom is 0.0684 e. The highest BCUT2D eigenvalue weighted by Crippen LogP contribution is 2.53. The molecular weight excluding hydrogens is 246 g/mol. The van der Waals surface area contributed by atoms with Crippen LogP contribution in [0.2, 0.25) is 0 Å². The molecule has 20 heavy (non-hydrogen) atoms. The van der Waals surface area contributed by atoms with E-state index < -0.39 is 0 Å². The van der Waals surface area contributed by atoms with Gasteiger partial charge in [0, 0.05) is 30.0 Å². The maximum atomic E-state index is 6.04. The average Bonchev–Trinajstić information content (AvgIpc) is 3.07. The third kappa shape index (κ3) is 1.90. The zero-order chi connectivity index (χ0) is 13.9. The van der Waals surface area contributed by atoms with Crippen LogP contribution >= 0.6 is 0 Å². The molecule has 7 unspecified atom stereocenters. The van der Waals surface area contributed by atoms with Gasteiger partial charge in [-0.1, -0.05) is 20.3 Å². The molecule has 0 aromatic carbocycles. The fourth-order valence-electron chi connectivity index (χ4n) is 6.17. The minimum atomic E-state index is 0.330. The van der Waals surface area contributed by atoms with Crippen molar-refractivity contribution in [2.24, 2.45) is 29.1 Å². The molecule has 0 spiro atoms. The van der Waals surface area contributed by atoms with Crippen LogP contribution in [0.15, 0.2) is 0 Å². The van der Waals surface area contributed by atoms with Crippen molar-refractivity contribution < 1.29 is 4.74 Å². The lowest BCUT2D eigenvalue weighted by Gasteiger charge is -2.61. The summed E-state index contributed by atoms with van der Waals surface area (Å²) in [6.07, 6.45) is 9.19. The van der Waals surface area contributed by atoms with Crippen LogP contribution < -0.4 is 5.32 Å². The van der Waals surface area contributed by atoms with Gasteiger partial charge in [0.15, 0.2) is 0 Å². The van der Waals surface area contributed by atoms with Crippen molar-refractivity contribution >= 4 is 0 Å². The van der Waals surface area contributed by atoms with Gasteiger partial charge < -0.3 is 10.1 Å². The van der Waals surface area contributed by atoms with Crippen molar-refractivity contribution in [2.75, 3.05) is 6.61 Å². The van der Waals surface area contributed by atoms with Crippen LogP contribution in [0.25, 0.3) is 0 Å². The Labute approximate surface area is 124 Å². The van der Waals surface area contributed by atoms with Gasteiger partial charge in [-0.2, -0.15) is 0 Å². The summed E-state index contributed by atoms with van der Waals surface area (Å²) in [5.41, 5.74) is 0.330. The summed E-state index contributed by atoms with van der Waals surface area (Å²) in [7, 11) is 0. The first-order valence-electron chi connectivity index (χ1n) is 8.95. The normalized spacial score (nSPS) is 50.5. The summed E-state index contributed by atoms with van der Waals surface area (Å²) in [5.74, 6) is 3.83. The molecule has 2 bridgehead atoms. The highest BCUT2D eigenvalue weighted by Gasteiger charge is 2.58. The lowest BCUT2D eigenvalue weighted by Crippen LogP contribution is -2.70. The Hall–Kier alpha value is -0.0800.